The number of rotatable bonds is 3. The summed E-state index contributed by atoms with van der Waals surface area (Å²) in [6, 6.07) is 2.77. The lowest BCUT2D eigenvalue weighted by Gasteiger charge is -2.19. The third kappa shape index (κ3) is 2.77. The van der Waals surface area contributed by atoms with Crippen LogP contribution in [0.2, 0.25) is 0 Å². The highest BCUT2D eigenvalue weighted by atomic mass is 79.9. The van der Waals surface area contributed by atoms with Crippen molar-refractivity contribution < 1.29 is 19.4 Å². The molecule has 5 nitrogen and oxygen atoms in total. The van der Waals surface area contributed by atoms with Gasteiger partial charge in [-0.15, -0.1) is 0 Å². The Hall–Kier alpha value is -1.11. The number of carbonyl (C=O) groups is 1. The molecule has 1 aromatic rings. The Labute approximate surface area is 107 Å². The number of benzene rings is 1. The van der Waals surface area contributed by atoms with E-state index in [1.54, 1.807) is 0 Å². The van der Waals surface area contributed by atoms with E-state index in [-0.39, 0.29) is 13.2 Å². The number of nitrogens with two attached hydrogens (primary N) is 1. The molecule has 0 radical (unpaired) electrons. The summed E-state index contributed by atoms with van der Waals surface area (Å²) in [6.07, 6.45) is 0.257. The molecule has 2 rings (SSSR count). The Bertz CT molecular complexity index is 449. The number of hydrogen-bond acceptors (Lipinski definition) is 4. The van der Waals surface area contributed by atoms with Gasteiger partial charge in [-0.2, -0.15) is 0 Å². The standard InChI is InChI=1S/C11H12BrNO4/c12-8-1-7-4-16-5-17-10(7)3-6(8)2-9(13)11(14)15/h1,3,9H,2,4-5,13H2,(H,14,15). The Kier molecular flexibility index (Phi) is 3.66. The fourth-order valence-corrected chi connectivity index (χ4v) is 2.17. The van der Waals surface area contributed by atoms with Crippen LogP contribution in [-0.2, 0) is 22.6 Å². The zero-order valence-electron chi connectivity index (χ0n) is 8.98. The fraction of sp³-hybridized carbons (Fsp3) is 0.364. The summed E-state index contributed by atoms with van der Waals surface area (Å²) in [6.45, 7) is 0.720. The molecule has 0 saturated carbocycles. The molecule has 0 aromatic heterocycles. The Morgan fingerprint density at radius 3 is 3.06 bits per heavy atom. The molecule has 0 bridgehead atoms. The first kappa shape index (κ1) is 12.3. The van der Waals surface area contributed by atoms with Gasteiger partial charge in [-0.1, -0.05) is 15.9 Å². The molecular formula is C11H12BrNO4. The highest BCUT2D eigenvalue weighted by Gasteiger charge is 2.18. The SMILES string of the molecule is NC(Cc1cc2c(cc1Br)COCO2)C(=O)O. The molecular weight excluding hydrogens is 290 g/mol. The number of fused-ring (bicyclic) bond motifs is 1. The van der Waals surface area contributed by atoms with Gasteiger partial charge < -0.3 is 20.3 Å². The van der Waals surface area contributed by atoms with Crippen molar-refractivity contribution in [2.45, 2.75) is 19.1 Å². The van der Waals surface area contributed by atoms with Gasteiger partial charge in [0.1, 0.15) is 11.8 Å². The summed E-state index contributed by atoms with van der Waals surface area (Å²) >= 11 is 3.39. The number of carboxylic acids is 1. The number of aliphatic carboxylic acids is 1. The molecule has 1 heterocycles. The van der Waals surface area contributed by atoms with Crippen LogP contribution in [0.5, 0.6) is 5.75 Å². The van der Waals surface area contributed by atoms with Crippen LogP contribution >= 0.6 is 15.9 Å². The largest absolute Gasteiger partial charge is 0.480 e. The molecule has 1 unspecified atom stereocenters. The first-order valence-corrected chi connectivity index (χ1v) is 5.87. The maximum absolute atomic E-state index is 10.7. The van der Waals surface area contributed by atoms with Crippen molar-refractivity contribution in [2.24, 2.45) is 5.73 Å². The quantitative estimate of drug-likeness (QED) is 0.878. The van der Waals surface area contributed by atoms with Crippen LogP contribution in [-0.4, -0.2) is 23.9 Å². The molecule has 1 atom stereocenters. The number of hydrogen-bond donors (Lipinski definition) is 2. The molecule has 1 aromatic carbocycles. The van der Waals surface area contributed by atoms with Crippen molar-refractivity contribution in [3.8, 4) is 5.75 Å². The summed E-state index contributed by atoms with van der Waals surface area (Å²) < 4.78 is 11.3. The van der Waals surface area contributed by atoms with Gasteiger partial charge in [0.2, 0.25) is 0 Å². The highest BCUT2D eigenvalue weighted by molar-refractivity contribution is 9.10. The Morgan fingerprint density at radius 2 is 2.35 bits per heavy atom. The van der Waals surface area contributed by atoms with Gasteiger partial charge in [-0.3, -0.25) is 4.79 Å². The number of halogens is 1. The monoisotopic (exact) mass is 301 g/mol. The van der Waals surface area contributed by atoms with Crippen LogP contribution in [0.25, 0.3) is 0 Å². The minimum Gasteiger partial charge on any atom is -0.480 e. The molecule has 0 fully saturated rings. The van der Waals surface area contributed by atoms with Crippen LogP contribution in [0.3, 0.4) is 0 Å². The normalized spacial score (nSPS) is 15.9. The Balaban J connectivity index is 2.25. The third-order valence-electron chi connectivity index (χ3n) is 2.54. The molecule has 6 heteroatoms. The van der Waals surface area contributed by atoms with Crippen LogP contribution in [0.1, 0.15) is 11.1 Å². The van der Waals surface area contributed by atoms with Crippen molar-refractivity contribution in [2.75, 3.05) is 6.79 Å². The van der Waals surface area contributed by atoms with E-state index in [1.165, 1.54) is 0 Å². The minimum absolute atomic E-state index is 0.221. The van der Waals surface area contributed by atoms with Crippen LogP contribution in [0.15, 0.2) is 16.6 Å². The summed E-state index contributed by atoms with van der Waals surface area (Å²) in [5, 5.41) is 8.78. The smallest absolute Gasteiger partial charge is 0.320 e. The van der Waals surface area contributed by atoms with E-state index in [0.717, 1.165) is 21.3 Å². The topological polar surface area (TPSA) is 81.8 Å². The van der Waals surface area contributed by atoms with E-state index in [9.17, 15) is 4.79 Å². The van der Waals surface area contributed by atoms with Gasteiger partial charge in [-0.25, -0.2) is 0 Å². The highest BCUT2D eigenvalue weighted by Crippen LogP contribution is 2.30. The molecule has 0 aliphatic carbocycles. The molecule has 1 aliphatic rings. The predicted octanol–water partition coefficient (Wildman–Crippen LogP) is 1.27. The second-order valence-electron chi connectivity index (χ2n) is 3.81. The lowest BCUT2D eigenvalue weighted by atomic mass is 10.0. The molecule has 3 N–H and O–H groups in total. The van der Waals surface area contributed by atoms with E-state index < -0.39 is 12.0 Å². The van der Waals surface area contributed by atoms with Gasteiger partial charge >= 0.3 is 5.97 Å². The van der Waals surface area contributed by atoms with Gasteiger partial charge in [-0.05, 0) is 24.1 Å². The minimum atomic E-state index is -1.01. The summed E-state index contributed by atoms with van der Waals surface area (Å²) in [5.74, 6) is -0.286. The first-order valence-electron chi connectivity index (χ1n) is 5.08. The lowest BCUT2D eigenvalue weighted by molar-refractivity contribution is -0.138. The molecule has 1 aliphatic heterocycles. The fourth-order valence-electron chi connectivity index (χ4n) is 1.62. The van der Waals surface area contributed by atoms with Crippen molar-refractivity contribution in [3.63, 3.8) is 0 Å². The van der Waals surface area contributed by atoms with E-state index >= 15 is 0 Å². The zero-order chi connectivity index (χ0) is 12.4. The maximum atomic E-state index is 10.7. The lowest BCUT2D eigenvalue weighted by Crippen LogP contribution is -2.32. The summed E-state index contributed by atoms with van der Waals surface area (Å²) in [5.41, 5.74) is 7.27. The zero-order valence-corrected chi connectivity index (χ0v) is 10.6. The molecule has 0 amide bonds. The van der Waals surface area contributed by atoms with E-state index in [0.29, 0.717) is 6.61 Å². The van der Waals surface area contributed by atoms with E-state index in [4.69, 9.17) is 20.3 Å². The number of carboxylic acid groups (broad SMARTS) is 1. The van der Waals surface area contributed by atoms with Crippen molar-refractivity contribution in [1.82, 2.24) is 0 Å². The molecule has 0 saturated heterocycles. The van der Waals surface area contributed by atoms with Gasteiger partial charge in [0.05, 0.1) is 6.61 Å². The average Bonchev–Trinajstić information content (AvgIpc) is 2.29. The summed E-state index contributed by atoms with van der Waals surface area (Å²) in [4.78, 5) is 10.7. The Morgan fingerprint density at radius 1 is 1.59 bits per heavy atom. The van der Waals surface area contributed by atoms with Gasteiger partial charge in [0.15, 0.2) is 6.79 Å². The van der Waals surface area contributed by atoms with Crippen LogP contribution in [0, 0.1) is 0 Å². The summed E-state index contributed by atoms with van der Waals surface area (Å²) in [7, 11) is 0. The van der Waals surface area contributed by atoms with E-state index in [1.807, 2.05) is 12.1 Å². The van der Waals surface area contributed by atoms with Gasteiger partial charge in [0.25, 0.3) is 0 Å². The first-order chi connectivity index (χ1) is 8.08. The number of ether oxygens (including phenoxy) is 2. The maximum Gasteiger partial charge on any atom is 0.320 e. The van der Waals surface area contributed by atoms with Gasteiger partial charge in [0, 0.05) is 10.0 Å². The second-order valence-corrected chi connectivity index (χ2v) is 4.67. The van der Waals surface area contributed by atoms with Crippen molar-refractivity contribution >= 4 is 21.9 Å². The van der Waals surface area contributed by atoms with Crippen LogP contribution in [0.4, 0.5) is 0 Å². The molecule has 17 heavy (non-hydrogen) atoms. The predicted molar refractivity (Wildman–Crippen MR) is 63.7 cm³/mol. The molecule has 92 valence electrons. The second kappa shape index (κ2) is 5.03. The van der Waals surface area contributed by atoms with E-state index in [2.05, 4.69) is 15.9 Å². The van der Waals surface area contributed by atoms with Crippen molar-refractivity contribution in [1.29, 1.82) is 0 Å². The van der Waals surface area contributed by atoms with Crippen LogP contribution < -0.4 is 10.5 Å². The molecule has 0 spiro atoms. The van der Waals surface area contributed by atoms with Crippen molar-refractivity contribution in [3.05, 3.63) is 27.7 Å². The third-order valence-corrected chi connectivity index (χ3v) is 3.28. The average molecular weight is 302 g/mol.